The van der Waals surface area contributed by atoms with E-state index in [-0.39, 0.29) is 18.9 Å². The third-order valence-electron chi connectivity index (χ3n) is 1.79. The van der Waals surface area contributed by atoms with Gasteiger partial charge in [0.15, 0.2) is 0 Å². The molecule has 1 aromatic rings. The number of nitrogens with one attached hydrogen (secondary N) is 1. The Labute approximate surface area is 82.7 Å². The zero-order valence-electron chi connectivity index (χ0n) is 7.86. The van der Waals surface area contributed by atoms with Gasteiger partial charge in [0.2, 0.25) is 5.91 Å². The summed E-state index contributed by atoms with van der Waals surface area (Å²) in [7, 11) is 0. The molecule has 1 amide bonds. The van der Waals surface area contributed by atoms with Gasteiger partial charge in [-0.25, -0.2) is 0 Å². The summed E-state index contributed by atoms with van der Waals surface area (Å²) in [6.07, 6.45) is 0.118. The molecule has 1 rings (SSSR count). The Morgan fingerprint density at radius 1 is 1.50 bits per heavy atom. The van der Waals surface area contributed by atoms with Crippen molar-refractivity contribution in [2.45, 2.75) is 13.0 Å². The Kier molecular flexibility index (Phi) is 4.10. The summed E-state index contributed by atoms with van der Waals surface area (Å²) in [5, 5.41) is 11.2. The largest absolute Gasteiger partial charge is 0.396 e. The molecular formula is C10H14N2O2. The first kappa shape index (κ1) is 10.7. The average molecular weight is 194 g/mol. The maximum atomic E-state index is 11.1. The van der Waals surface area contributed by atoms with E-state index in [0.717, 1.165) is 5.56 Å². The minimum atomic E-state index is -0.193. The maximum Gasteiger partial charge on any atom is 0.226 e. The number of carbonyl (C=O) groups excluding carboxylic acids is 1. The fraction of sp³-hybridized carbons (Fsp3) is 0.300. The van der Waals surface area contributed by atoms with Crippen molar-refractivity contribution in [1.29, 1.82) is 0 Å². The number of amides is 1. The van der Waals surface area contributed by atoms with Crippen LogP contribution in [0.25, 0.3) is 0 Å². The van der Waals surface area contributed by atoms with Crippen molar-refractivity contribution in [3.05, 3.63) is 29.8 Å². The smallest absolute Gasteiger partial charge is 0.226 e. The lowest BCUT2D eigenvalue weighted by Gasteiger charge is -2.05. The number of rotatable bonds is 4. The molecule has 76 valence electrons. The van der Waals surface area contributed by atoms with Crippen LogP contribution in [0.1, 0.15) is 12.0 Å². The van der Waals surface area contributed by atoms with Crippen molar-refractivity contribution in [1.82, 2.24) is 0 Å². The molecule has 0 atom stereocenters. The molecule has 0 unspecified atom stereocenters. The minimum Gasteiger partial charge on any atom is -0.396 e. The highest BCUT2D eigenvalue weighted by atomic mass is 16.3. The molecule has 0 saturated heterocycles. The number of aliphatic hydroxyl groups is 1. The van der Waals surface area contributed by atoms with Gasteiger partial charge in [-0.15, -0.1) is 0 Å². The van der Waals surface area contributed by atoms with Crippen molar-refractivity contribution in [3.8, 4) is 0 Å². The van der Waals surface area contributed by atoms with Crippen LogP contribution in [0.2, 0.25) is 0 Å². The van der Waals surface area contributed by atoms with E-state index in [1.165, 1.54) is 0 Å². The van der Waals surface area contributed by atoms with E-state index >= 15 is 0 Å². The SMILES string of the molecule is NCc1cccc(NC(=O)CCO)c1. The molecule has 4 N–H and O–H groups in total. The van der Waals surface area contributed by atoms with Crippen molar-refractivity contribution in [3.63, 3.8) is 0 Å². The van der Waals surface area contributed by atoms with Crippen molar-refractivity contribution >= 4 is 11.6 Å². The van der Waals surface area contributed by atoms with Crippen LogP contribution in [0, 0.1) is 0 Å². The maximum absolute atomic E-state index is 11.1. The molecular weight excluding hydrogens is 180 g/mol. The zero-order valence-corrected chi connectivity index (χ0v) is 7.86. The average Bonchev–Trinajstić information content (AvgIpc) is 2.18. The Balaban J connectivity index is 2.62. The molecule has 0 saturated carbocycles. The number of benzene rings is 1. The van der Waals surface area contributed by atoms with Crippen LogP contribution in [0.15, 0.2) is 24.3 Å². The molecule has 0 radical (unpaired) electrons. The van der Waals surface area contributed by atoms with Crippen LogP contribution in [0.5, 0.6) is 0 Å². The van der Waals surface area contributed by atoms with Crippen molar-refractivity contribution in [2.24, 2.45) is 5.73 Å². The second-order valence-electron chi connectivity index (χ2n) is 2.93. The lowest BCUT2D eigenvalue weighted by atomic mass is 10.2. The molecule has 0 aromatic heterocycles. The summed E-state index contributed by atoms with van der Waals surface area (Å²) in [6.45, 7) is 0.312. The highest BCUT2D eigenvalue weighted by molar-refractivity contribution is 5.90. The highest BCUT2D eigenvalue weighted by Crippen LogP contribution is 2.10. The van der Waals surface area contributed by atoms with Gasteiger partial charge in [-0.2, -0.15) is 0 Å². The van der Waals surface area contributed by atoms with Crippen LogP contribution < -0.4 is 11.1 Å². The Morgan fingerprint density at radius 2 is 2.29 bits per heavy atom. The minimum absolute atomic E-state index is 0.118. The molecule has 0 aliphatic carbocycles. The van der Waals surface area contributed by atoms with E-state index in [9.17, 15) is 4.79 Å². The number of nitrogens with two attached hydrogens (primary N) is 1. The van der Waals surface area contributed by atoms with Crippen LogP contribution in [-0.2, 0) is 11.3 Å². The molecule has 0 aliphatic heterocycles. The van der Waals surface area contributed by atoms with Gasteiger partial charge in [-0.05, 0) is 17.7 Å². The van der Waals surface area contributed by atoms with Gasteiger partial charge < -0.3 is 16.2 Å². The molecule has 0 bridgehead atoms. The second-order valence-corrected chi connectivity index (χ2v) is 2.93. The summed E-state index contributed by atoms with van der Waals surface area (Å²) in [6, 6.07) is 7.32. The predicted molar refractivity (Wildman–Crippen MR) is 54.7 cm³/mol. The topological polar surface area (TPSA) is 75.3 Å². The van der Waals surface area contributed by atoms with Gasteiger partial charge in [0.25, 0.3) is 0 Å². The molecule has 14 heavy (non-hydrogen) atoms. The van der Waals surface area contributed by atoms with E-state index in [1.54, 1.807) is 6.07 Å². The first-order valence-corrected chi connectivity index (χ1v) is 4.46. The molecule has 1 aromatic carbocycles. The lowest BCUT2D eigenvalue weighted by molar-refractivity contribution is -0.116. The van der Waals surface area contributed by atoms with E-state index in [4.69, 9.17) is 10.8 Å². The third kappa shape index (κ3) is 3.16. The predicted octanol–water partition coefficient (Wildman–Crippen LogP) is 0.466. The van der Waals surface area contributed by atoms with E-state index < -0.39 is 0 Å². The van der Waals surface area contributed by atoms with Gasteiger partial charge in [0.05, 0.1) is 13.0 Å². The summed E-state index contributed by atoms with van der Waals surface area (Å²) >= 11 is 0. The van der Waals surface area contributed by atoms with Crippen LogP contribution in [-0.4, -0.2) is 17.6 Å². The molecule has 0 heterocycles. The number of hydrogen-bond donors (Lipinski definition) is 3. The molecule has 0 aliphatic rings. The van der Waals surface area contributed by atoms with Crippen molar-refractivity contribution < 1.29 is 9.90 Å². The van der Waals surface area contributed by atoms with Crippen LogP contribution in [0.4, 0.5) is 5.69 Å². The number of hydrogen-bond acceptors (Lipinski definition) is 3. The zero-order chi connectivity index (χ0) is 10.4. The standard InChI is InChI=1S/C10H14N2O2/c11-7-8-2-1-3-9(6-8)12-10(14)4-5-13/h1-3,6,13H,4-5,7,11H2,(H,12,14). The lowest BCUT2D eigenvalue weighted by Crippen LogP contribution is -2.13. The van der Waals surface area contributed by atoms with E-state index in [1.807, 2.05) is 18.2 Å². The Bertz CT molecular complexity index is 313. The monoisotopic (exact) mass is 194 g/mol. The first-order chi connectivity index (χ1) is 6.76. The van der Waals surface area contributed by atoms with Gasteiger partial charge in [-0.3, -0.25) is 4.79 Å². The molecule has 0 spiro atoms. The number of aliphatic hydroxyl groups excluding tert-OH is 1. The Morgan fingerprint density at radius 3 is 2.93 bits per heavy atom. The fourth-order valence-corrected chi connectivity index (χ4v) is 1.10. The Hall–Kier alpha value is -1.39. The normalized spacial score (nSPS) is 9.86. The van der Waals surface area contributed by atoms with E-state index in [2.05, 4.69) is 5.32 Å². The molecule has 4 nitrogen and oxygen atoms in total. The first-order valence-electron chi connectivity index (χ1n) is 4.46. The summed E-state index contributed by atoms with van der Waals surface area (Å²) < 4.78 is 0. The molecule has 4 heteroatoms. The number of carbonyl (C=O) groups is 1. The van der Waals surface area contributed by atoms with Crippen LogP contribution in [0.3, 0.4) is 0 Å². The second kappa shape index (κ2) is 5.36. The van der Waals surface area contributed by atoms with Gasteiger partial charge in [0, 0.05) is 12.2 Å². The van der Waals surface area contributed by atoms with Crippen LogP contribution >= 0.6 is 0 Å². The summed E-state index contributed by atoms with van der Waals surface area (Å²) in [5.41, 5.74) is 7.13. The fourth-order valence-electron chi connectivity index (χ4n) is 1.10. The van der Waals surface area contributed by atoms with Gasteiger partial charge in [0.1, 0.15) is 0 Å². The summed E-state index contributed by atoms with van der Waals surface area (Å²) in [5.74, 6) is -0.193. The third-order valence-corrected chi connectivity index (χ3v) is 1.79. The van der Waals surface area contributed by atoms with Crippen molar-refractivity contribution in [2.75, 3.05) is 11.9 Å². The van der Waals surface area contributed by atoms with Gasteiger partial charge >= 0.3 is 0 Å². The molecule has 0 fully saturated rings. The van der Waals surface area contributed by atoms with Gasteiger partial charge in [-0.1, -0.05) is 12.1 Å². The summed E-state index contributed by atoms with van der Waals surface area (Å²) in [4.78, 5) is 11.1. The van der Waals surface area contributed by atoms with E-state index in [0.29, 0.717) is 12.2 Å². The highest BCUT2D eigenvalue weighted by Gasteiger charge is 2.00. The quantitative estimate of drug-likeness (QED) is 0.652. The number of anilines is 1.